The SMILES string of the molecule is Cc1nc(Nc2ccc(C#N)nc2)cc([C@H]2CCCCN2Cc2cc(Cl)c3c(c2)OCCCO3)n1. The number of likely N-dealkylation sites (tertiary alicyclic amines) is 1. The number of nitrogens with one attached hydrogen (secondary N) is 1. The van der Waals surface area contributed by atoms with Gasteiger partial charge in [-0.2, -0.15) is 5.26 Å². The van der Waals surface area contributed by atoms with Crippen LogP contribution in [0.1, 0.15) is 54.5 Å². The molecule has 1 saturated heterocycles. The van der Waals surface area contributed by atoms with Crippen molar-refractivity contribution in [2.24, 2.45) is 0 Å². The van der Waals surface area contributed by atoms with Gasteiger partial charge in [0, 0.05) is 19.0 Å². The first-order chi connectivity index (χ1) is 17.1. The maximum absolute atomic E-state index is 8.97. The summed E-state index contributed by atoms with van der Waals surface area (Å²) in [5.41, 5.74) is 3.24. The van der Waals surface area contributed by atoms with E-state index in [9.17, 15) is 0 Å². The predicted molar refractivity (Wildman–Crippen MR) is 133 cm³/mol. The highest BCUT2D eigenvalue weighted by Gasteiger charge is 2.27. The molecule has 0 aliphatic carbocycles. The molecule has 35 heavy (non-hydrogen) atoms. The Morgan fingerprint density at radius 2 is 2.03 bits per heavy atom. The number of pyridine rings is 1. The number of benzene rings is 1. The molecule has 1 N–H and O–H groups in total. The van der Waals surface area contributed by atoms with Gasteiger partial charge in [-0.25, -0.2) is 15.0 Å². The summed E-state index contributed by atoms with van der Waals surface area (Å²) in [4.78, 5) is 15.9. The van der Waals surface area contributed by atoms with Crippen LogP contribution >= 0.6 is 11.6 Å². The monoisotopic (exact) mass is 490 g/mol. The fraction of sp³-hybridized carbons (Fsp3) is 0.385. The van der Waals surface area contributed by atoms with E-state index in [1.165, 1.54) is 0 Å². The molecule has 0 saturated carbocycles. The quantitative estimate of drug-likeness (QED) is 0.512. The van der Waals surface area contributed by atoms with E-state index in [0.717, 1.165) is 61.5 Å². The number of rotatable bonds is 5. The van der Waals surface area contributed by atoms with Gasteiger partial charge in [-0.1, -0.05) is 18.0 Å². The number of hydrogen-bond donors (Lipinski definition) is 1. The van der Waals surface area contributed by atoms with Crippen LogP contribution in [0.15, 0.2) is 36.5 Å². The number of ether oxygens (including phenoxy) is 2. The van der Waals surface area contributed by atoms with E-state index in [-0.39, 0.29) is 6.04 Å². The lowest BCUT2D eigenvalue weighted by atomic mass is 9.98. The van der Waals surface area contributed by atoms with Gasteiger partial charge in [-0.3, -0.25) is 4.90 Å². The Hall–Kier alpha value is -3.41. The molecule has 2 aliphatic rings. The maximum Gasteiger partial charge on any atom is 0.179 e. The van der Waals surface area contributed by atoms with Crippen molar-refractivity contribution in [3.63, 3.8) is 0 Å². The summed E-state index contributed by atoms with van der Waals surface area (Å²) >= 11 is 6.55. The van der Waals surface area contributed by atoms with Crippen LogP contribution in [0, 0.1) is 18.3 Å². The Labute approximate surface area is 209 Å². The second kappa shape index (κ2) is 10.5. The van der Waals surface area contributed by atoms with Crippen LogP contribution in [-0.4, -0.2) is 39.6 Å². The van der Waals surface area contributed by atoms with Crippen LogP contribution < -0.4 is 14.8 Å². The van der Waals surface area contributed by atoms with Gasteiger partial charge < -0.3 is 14.8 Å². The number of halogens is 1. The molecule has 180 valence electrons. The van der Waals surface area contributed by atoms with Crippen molar-refractivity contribution in [2.75, 3.05) is 25.1 Å². The van der Waals surface area contributed by atoms with Gasteiger partial charge in [0.2, 0.25) is 0 Å². The van der Waals surface area contributed by atoms with Crippen molar-refractivity contribution in [1.82, 2.24) is 19.9 Å². The number of nitrogens with zero attached hydrogens (tertiary/aromatic N) is 5. The zero-order chi connectivity index (χ0) is 24.2. The molecule has 5 rings (SSSR count). The highest BCUT2D eigenvalue weighted by molar-refractivity contribution is 6.32. The molecule has 3 aromatic rings. The van der Waals surface area contributed by atoms with Crippen molar-refractivity contribution >= 4 is 23.1 Å². The number of aryl methyl sites for hydroxylation is 1. The third-order valence-corrected chi connectivity index (χ3v) is 6.49. The van der Waals surface area contributed by atoms with Crippen LogP contribution in [0.5, 0.6) is 11.5 Å². The lowest BCUT2D eigenvalue weighted by Crippen LogP contribution is -2.33. The summed E-state index contributed by atoms with van der Waals surface area (Å²) in [7, 11) is 0. The van der Waals surface area contributed by atoms with Crippen LogP contribution in [0.25, 0.3) is 0 Å². The molecule has 0 amide bonds. The summed E-state index contributed by atoms with van der Waals surface area (Å²) in [5.74, 6) is 2.78. The Morgan fingerprint density at radius 3 is 2.86 bits per heavy atom. The highest BCUT2D eigenvalue weighted by atomic mass is 35.5. The normalized spacial score (nSPS) is 17.9. The van der Waals surface area contributed by atoms with Crippen molar-refractivity contribution in [2.45, 2.75) is 45.2 Å². The Bertz CT molecular complexity index is 1240. The molecule has 0 spiro atoms. The maximum atomic E-state index is 8.97. The van der Waals surface area contributed by atoms with Gasteiger partial charge in [-0.05, 0) is 56.1 Å². The largest absolute Gasteiger partial charge is 0.489 e. The van der Waals surface area contributed by atoms with E-state index in [1.54, 1.807) is 12.3 Å². The van der Waals surface area contributed by atoms with E-state index in [1.807, 2.05) is 37.3 Å². The van der Waals surface area contributed by atoms with Crippen molar-refractivity contribution in [3.8, 4) is 17.6 Å². The molecule has 2 aromatic heterocycles. The van der Waals surface area contributed by atoms with E-state index in [0.29, 0.717) is 41.3 Å². The molecule has 4 heterocycles. The van der Waals surface area contributed by atoms with E-state index in [2.05, 4.69) is 20.2 Å². The van der Waals surface area contributed by atoms with Crippen molar-refractivity contribution in [1.29, 1.82) is 5.26 Å². The molecular formula is C26H27ClN6O2. The Kier molecular flexibility index (Phi) is 6.98. The standard InChI is InChI=1S/C26H27ClN6O2/c1-17-30-22(13-25(31-17)32-20-7-6-19(14-28)29-15-20)23-5-2-3-8-33(23)16-18-11-21(27)26-24(12-18)34-9-4-10-35-26/h6-7,11-13,15,23H,2-5,8-10,16H2,1H3,(H,30,31,32)/t23-/m1/s1. The van der Waals surface area contributed by atoms with Crippen molar-refractivity contribution < 1.29 is 9.47 Å². The summed E-state index contributed by atoms with van der Waals surface area (Å²) in [6.45, 7) is 4.86. The smallest absolute Gasteiger partial charge is 0.179 e. The topological polar surface area (TPSA) is 96.2 Å². The predicted octanol–water partition coefficient (Wildman–Crippen LogP) is 5.34. The van der Waals surface area contributed by atoms with Crippen LogP contribution in [-0.2, 0) is 6.54 Å². The zero-order valence-electron chi connectivity index (χ0n) is 19.6. The molecule has 9 heteroatoms. The number of nitriles is 1. The zero-order valence-corrected chi connectivity index (χ0v) is 20.4. The molecule has 8 nitrogen and oxygen atoms in total. The number of aromatic nitrogens is 3. The van der Waals surface area contributed by atoms with Crippen molar-refractivity contribution in [3.05, 3.63) is 64.3 Å². The van der Waals surface area contributed by atoms with Gasteiger partial charge >= 0.3 is 0 Å². The summed E-state index contributed by atoms with van der Waals surface area (Å²) < 4.78 is 11.7. The minimum Gasteiger partial charge on any atom is -0.489 e. The van der Waals surface area contributed by atoms with Gasteiger partial charge in [0.1, 0.15) is 23.4 Å². The number of hydrogen-bond acceptors (Lipinski definition) is 8. The molecule has 0 radical (unpaired) electrons. The summed E-state index contributed by atoms with van der Waals surface area (Å²) in [5, 5.41) is 12.9. The minimum atomic E-state index is 0.167. The fourth-order valence-electron chi connectivity index (χ4n) is 4.63. The van der Waals surface area contributed by atoms with E-state index < -0.39 is 0 Å². The molecule has 0 bridgehead atoms. The number of anilines is 2. The molecule has 2 aliphatic heterocycles. The second-order valence-corrected chi connectivity index (χ2v) is 9.24. The molecule has 1 atom stereocenters. The van der Waals surface area contributed by atoms with Gasteiger partial charge in [0.25, 0.3) is 0 Å². The molecular weight excluding hydrogens is 464 g/mol. The average molecular weight is 491 g/mol. The summed E-state index contributed by atoms with van der Waals surface area (Å²) in [6, 6.07) is 11.7. The average Bonchev–Trinajstić information content (AvgIpc) is 3.10. The third kappa shape index (κ3) is 5.47. The molecule has 1 aromatic carbocycles. The lowest BCUT2D eigenvalue weighted by Gasteiger charge is -2.35. The first-order valence-electron chi connectivity index (χ1n) is 11.9. The first-order valence-corrected chi connectivity index (χ1v) is 12.3. The summed E-state index contributed by atoms with van der Waals surface area (Å²) in [6.07, 6.45) is 5.79. The van der Waals surface area contributed by atoms with E-state index in [4.69, 9.17) is 31.3 Å². The van der Waals surface area contributed by atoms with Crippen LogP contribution in [0.3, 0.4) is 0 Å². The van der Waals surface area contributed by atoms with Crippen LogP contribution in [0.4, 0.5) is 11.5 Å². The van der Waals surface area contributed by atoms with Gasteiger partial charge in [0.05, 0.1) is 41.9 Å². The molecule has 1 fully saturated rings. The Morgan fingerprint density at radius 1 is 1.14 bits per heavy atom. The second-order valence-electron chi connectivity index (χ2n) is 8.83. The van der Waals surface area contributed by atoms with Gasteiger partial charge in [0.15, 0.2) is 11.5 Å². The third-order valence-electron chi connectivity index (χ3n) is 6.21. The Balaban J connectivity index is 1.38. The number of piperidine rings is 1. The van der Waals surface area contributed by atoms with E-state index >= 15 is 0 Å². The lowest BCUT2D eigenvalue weighted by molar-refractivity contribution is 0.137. The van der Waals surface area contributed by atoms with Gasteiger partial charge in [-0.15, -0.1) is 0 Å². The number of fused-ring (bicyclic) bond motifs is 1. The fourth-order valence-corrected chi connectivity index (χ4v) is 4.92. The minimum absolute atomic E-state index is 0.167. The highest BCUT2D eigenvalue weighted by Crippen LogP contribution is 2.39. The van der Waals surface area contributed by atoms with Crippen LogP contribution in [0.2, 0.25) is 5.02 Å². The molecule has 0 unspecified atom stereocenters. The first kappa shape index (κ1) is 23.3.